The summed E-state index contributed by atoms with van der Waals surface area (Å²) in [6, 6.07) is 10.0. The Morgan fingerprint density at radius 3 is 2.80 bits per heavy atom. The van der Waals surface area contributed by atoms with Crippen molar-refractivity contribution in [3.63, 3.8) is 0 Å². The maximum absolute atomic E-state index is 4.50. The number of thiazole rings is 1. The second-order valence-electron chi connectivity index (χ2n) is 5.57. The molecule has 0 radical (unpaired) electrons. The molecule has 130 valence electrons. The van der Waals surface area contributed by atoms with Crippen LogP contribution < -0.4 is 5.32 Å². The molecule has 0 amide bonds. The number of para-hydroxylation sites is 1. The topological polar surface area (TPSA) is 71.2 Å². The SMILES string of the molecule is CN=C(NCc1nncn1-c1ccccc1)N(C)Cc1csc(C)n1. The van der Waals surface area contributed by atoms with E-state index in [0.29, 0.717) is 13.1 Å². The monoisotopic (exact) mass is 355 g/mol. The molecule has 1 aromatic carbocycles. The van der Waals surface area contributed by atoms with E-state index in [2.05, 4.69) is 30.9 Å². The summed E-state index contributed by atoms with van der Waals surface area (Å²) in [5.74, 6) is 1.61. The molecule has 0 bridgehead atoms. The molecule has 0 aliphatic carbocycles. The molecular weight excluding hydrogens is 334 g/mol. The number of benzene rings is 1. The molecule has 3 rings (SSSR count). The second-order valence-corrected chi connectivity index (χ2v) is 6.63. The van der Waals surface area contributed by atoms with Crippen LogP contribution in [0.4, 0.5) is 0 Å². The van der Waals surface area contributed by atoms with Gasteiger partial charge >= 0.3 is 0 Å². The minimum atomic E-state index is 0.530. The Morgan fingerprint density at radius 1 is 1.32 bits per heavy atom. The molecule has 7 nitrogen and oxygen atoms in total. The van der Waals surface area contributed by atoms with E-state index in [9.17, 15) is 0 Å². The molecule has 0 atom stereocenters. The first-order valence-corrected chi connectivity index (χ1v) is 8.82. The number of hydrogen-bond acceptors (Lipinski definition) is 5. The lowest BCUT2D eigenvalue weighted by atomic mass is 10.3. The van der Waals surface area contributed by atoms with Crippen LogP contribution in [-0.4, -0.2) is 44.7 Å². The van der Waals surface area contributed by atoms with Crippen LogP contribution in [0.5, 0.6) is 0 Å². The number of aryl methyl sites for hydroxylation is 1. The van der Waals surface area contributed by atoms with E-state index in [0.717, 1.165) is 28.2 Å². The highest BCUT2D eigenvalue weighted by atomic mass is 32.1. The minimum Gasteiger partial charge on any atom is -0.349 e. The fraction of sp³-hybridized carbons (Fsp3) is 0.294. The zero-order valence-electron chi connectivity index (χ0n) is 14.5. The molecular formula is C17H21N7S. The lowest BCUT2D eigenvalue weighted by Gasteiger charge is -2.21. The third-order valence-corrected chi connectivity index (χ3v) is 4.52. The second kappa shape index (κ2) is 7.89. The van der Waals surface area contributed by atoms with Crippen molar-refractivity contribution < 1.29 is 0 Å². The summed E-state index contributed by atoms with van der Waals surface area (Å²) in [7, 11) is 3.76. The quantitative estimate of drug-likeness (QED) is 0.561. The van der Waals surface area contributed by atoms with Gasteiger partial charge in [0.1, 0.15) is 6.33 Å². The third-order valence-electron chi connectivity index (χ3n) is 3.70. The lowest BCUT2D eigenvalue weighted by molar-refractivity contribution is 0.469. The van der Waals surface area contributed by atoms with Gasteiger partial charge in [-0.3, -0.25) is 9.56 Å². The Morgan fingerprint density at radius 2 is 2.12 bits per heavy atom. The molecule has 0 aliphatic heterocycles. The first-order valence-electron chi connectivity index (χ1n) is 7.94. The van der Waals surface area contributed by atoms with Gasteiger partial charge in [-0.1, -0.05) is 18.2 Å². The van der Waals surface area contributed by atoms with Gasteiger partial charge in [-0.2, -0.15) is 0 Å². The molecule has 0 unspecified atom stereocenters. The average molecular weight is 355 g/mol. The molecule has 0 saturated heterocycles. The number of rotatable bonds is 5. The molecule has 8 heteroatoms. The van der Waals surface area contributed by atoms with Gasteiger partial charge in [-0.05, 0) is 19.1 Å². The molecule has 0 aliphatic rings. The maximum atomic E-state index is 4.50. The summed E-state index contributed by atoms with van der Waals surface area (Å²) < 4.78 is 1.96. The van der Waals surface area contributed by atoms with Gasteiger partial charge in [-0.25, -0.2) is 4.98 Å². The van der Waals surface area contributed by atoms with Crippen molar-refractivity contribution in [2.24, 2.45) is 4.99 Å². The van der Waals surface area contributed by atoms with E-state index in [4.69, 9.17) is 0 Å². The summed E-state index contributed by atoms with van der Waals surface area (Å²) in [5, 5.41) is 14.7. The van der Waals surface area contributed by atoms with Gasteiger partial charge in [0.15, 0.2) is 11.8 Å². The van der Waals surface area contributed by atoms with Crippen LogP contribution in [-0.2, 0) is 13.1 Å². The summed E-state index contributed by atoms with van der Waals surface area (Å²) >= 11 is 1.66. The summed E-state index contributed by atoms with van der Waals surface area (Å²) in [6.07, 6.45) is 1.72. The van der Waals surface area contributed by atoms with E-state index < -0.39 is 0 Å². The Labute approximate surface area is 151 Å². The summed E-state index contributed by atoms with van der Waals surface area (Å²) in [4.78, 5) is 10.9. The molecule has 0 fully saturated rings. The highest BCUT2D eigenvalue weighted by Gasteiger charge is 2.11. The molecule has 0 spiro atoms. The lowest BCUT2D eigenvalue weighted by Crippen LogP contribution is -2.38. The van der Waals surface area contributed by atoms with Crippen molar-refractivity contribution in [2.45, 2.75) is 20.0 Å². The fourth-order valence-electron chi connectivity index (χ4n) is 2.53. The van der Waals surface area contributed by atoms with E-state index >= 15 is 0 Å². The molecule has 2 aromatic heterocycles. The van der Waals surface area contributed by atoms with Gasteiger partial charge in [0.05, 0.1) is 23.8 Å². The number of hydrogen-bond donors (Lipinski definition) is 1. The Bertz CT molecular complexity index is 838. The van der Waals surface area contributed by atoms with Crippen LogP contribution in [0, 0.1) is 6.92 Å². The largest absolute Gasteiger partial charge is 0.349 e. The van der Waals surface area contributed by atoms with Crippen LogP contribution in [0.3, 0.4) is 0 Å². The first-order chi connectivity index (χ1) is 12.2. The van der Waals surface area contributed by atoms with Crippen molar-refractivity contribution in [1.29, 1.82) is 0 Å². The maximum Gasteiger partial charge on any atom is 0.194 e. The van der Waals surface area contributed by atoms with Crippen molar-refractivity contribution in [3.05, 3.63) is 58.6 Å². The number of nitrogens with one attached hydrogen (secondary N) is 1. The smallest absolute Gasteiger partial charge is 0.194 e. The summed E-state index contributed by atoms with van der Waals surface area (Å²) in [6.45, 7) is 3.25. The van der Waals surface area contributed by atoms with Crippen LogP contribution in [0.15, 0.2) is 47.0 Å². The van der Waals surface area contributed by atoms with Gasteiger partial charge in [0.25, 0.3) is 0 Å². The molecule has 3 aromatic rings. The zero-order valence-corrected chi connectivity index (χ0v) is 15.4. The van der Waals surface area contributed by atoms with E-state index in [1.165, 1.54) is 0 Å². The van der Waals surface area contributed by atoms with Crippen molar-refractivity contribution >= 4 is 17.3 Å². The van der Waals surface area contributed by atoms with E-state index in [1.807, 2.05) is 53.8 Å². The van der Waals surface area contributed by atoms with Gasteiger partial charge < -0.3 is 10.2 Å². The molecule has 1 N–H and O–H groups in total. The Balaban J connectivity index is 1.65. The van der Waals surface area contributed by atoms with Crippen molar-refractivity contribution in [2.75, 3.05) is 14.1 Å². The van der Waals surface area contributed by atoms with Crippen LogP contribution in [0.1, 0.15) is 16.5 Å². The Hall–Kier alpha value is -2.74. The van der Waals surface area contributed by atoms with E-state index in [-0.39, 0.29) is 0 Å². The first kappa shape index (κ1) is 17.1. The third kappa shape index (κ3) is 4.21. The van der Waals surface area contributed by atoms with Crippen LogP contribution >= 0.6 is 11.3 Å². The van der Waals surface area contributed by atoms with E-state index in [1.54, 1.807) is 24.7 Å². The zero-order chi connectivity index (χ0) is 17.6. The fourth-order valence-corrected chi connectivity index (χ4v) is 3.13. The van der Waals surface area contributed by atoms with Crippen molar-refractivity contribution in [3.8, 4) is 5.69 Å². The number of nitrogens with zero attached hydrogens (tertiary/aromatic N) is 6. The normalized spacial score (nSPS) is 11.6. The molecule has 0 saturated carbocycles. The van der Waals surface area contributed by atoms with Gasteiger partial charge in [-0.15, -0.1) is 21.5 Å². The van der Waals surface area contributed by atoms with Crippen LogP contribution in [0.2, 0.25) is 0 Å². The number of aliphatic imine (C=N–C) groups is 1. The summed E-state index contributed by atoms with van der Waals surface area (Å²) in [5.41, 5.74) is 2.07. The molecule has 25 heavy (non-hydrogen) atoms. The highest BCUT2D eigenvalue weighted by Crippen LogP contribution is 2.11. The predicted octanol–water partition coefficient (Wildman–Crippen LogP) is 2.24. The standard InChI is InChI=1S/C17H21N7S/c1-13-21-14(11-25-13)10-23(3)17(18-2)19-9-16-22-20-12-24(16)15-7-5-4-6-8-15/h4-8,11-12H,9-10H2,1-3H3,(H,18,19). The minimum absolute atomic E-state index is 0.530. The average Bonchev–Trinajstić information content (AvgIpc) is 3.25. The number of aromatic nitrogens is 4. The van der Waals surface area contributed by atoms with Crippen molar-refractivity contribution in [1.82, 2.24) is 30.0 Å². The van der Waals surface area contributed by atoms with Crippen LogP contribution in [0.25, 0.3) is 5.69 Å². The van der Waals surface area contributed by atoms with Gasteiger partial charge in [0.2, 0.25) is 0 Å². The van der Waals surface area contributed by atoms with Gasteiger partial charge in [0, 0.05) is 25.2 Å². The molecule has 2 heterocycles. The Kier molecular flexibility index (Phi) is 5.39. The highest BCUT2D eigenvalue weighted by molar-refractivity contribution is 7.09. The predicted molar refractivity (Wildman–Crippen MR) is 99.9 cm³/mol. The number of guanidine groups is 1.